The van der Waals surface area contributed by atoms with Gasteiger partial charge in [-0.3, -0.25) is 0 Å². The van der Waals surface area contributed by atoms with Crippen LogP contribution in [0.5, 0.6) is 5.75 Å². The van der Waals surface area contributed by atoms with E-state index < -0.39 is 17.7 Å². The molecule has 2 unspecified atom stereocenters. The number of ether oxygens (including phenoxy) is 2. The normalized spacial score (nSPS) is 24.8. The zero-order valence-corrected chi connectivity index (χ0v) is 14.2. The fourth-order valence-corrected chi connectivity index (χ4v) is 3.93. The van der Waals surface area contributed by atoms with Gasteiger partial charge in [0, 0.05) is 11.1 Å². The van der Waals surface area contributed by atoms with Crippen LogP contribution in [-0.2, 0) is 16.8 Å². The van der Waals surface area contributed by atoms with E-state index >= 15 is 0 Å². The SMILES string of the molecule is COc1ccc(C2=NCC3(O2)c2ccccc2CCC3C(F)(F)F)cc1. The highest BCUT2D eigenvalue weighted by molar-refractivity contribution is 5.95. The second-order valence-electron chi connectivity index (χ2n) is 6.63. The van der Waals surface area contributed by atoms with Crippen LogP contribution in [0.2, 0.25) is 0 Å². The molecule has 0 bridgehead atoms. The van der Waals surface area contributed by atoms with Gasteiger partial charge in [-0.2, -0.15) is 13.2 Å². The molecule has 0 aromatic heterocycles. The number of rotatable bonds is 2. The summed E-state index contributed by atoms with van der Waals surface area (Å²) in [4.78, 5) is 4.35. The smallest absolute Gasteiger partial charge is 0.396 e. The van der Waals surface area contributed by atoms with Crippen molar-refractivity contribution >= 4 is 5.90 Å². The Morgan fingerprint density at radius 1 is 1.12 bits per heavy atom. The highest BCUT2D eigenvalue weighted by atomic mass is 19.4. The summed E-state index contributed by atoms with van der Waals surface area (Å²) in [7, 11) is 1.56. The van der Waals surface area contributed by atoms with E-state index in [9.17, 15) is 13.2 Å². The molecule has 136 valence electrons. The quantitative estimate of drug-likeness (QED) is 0.789. The molecule has 2 aromatic rings. The summed E-state index contributed by atoms with van der Waals surface area (Å²) in [5.41, 5.74) is 0.661. The van der Waals surface area contributed by atoms with Gasteiger partial charge in [0.05, 0.1) is 13.7 Å². The molecule has 2 aromatic carbocycles. The van der Waals surface area contributed by atoms with Crippen LogP contribution in [0.25, 0.3) is 0 Å². The van der Waals surface area contributed by atoms with Crippen molar-refractivity contribution in [2.45, 2.75) is 24.6 Å². The maximum absolute atomic E-state index is 13.8. The first-order valence-corrected chi connectivity index (χ1v) is 8.47. The van der Waals surface area contributed by atoms with Crippen LogP contribution in [0.15, 0.2) is 53.5 Å². The van der Waals surface area contributed by atoms with Crippen molar-refractivity contribution < 1.29 is 22.6 Å². The van der Waals surface area contributed by atoms with Gasteiger partial charge in [0.1, 0.15) is 11.7 Å². The van der Waals surface area contributed by atoms with E-state index in [4.69, 9.17) is 9.47 Å². The van der Waals surface area contributed by atoms with Gasteiger partial charge >= 0.3 is 6.18 Å². The minimum Gasteiger partial charge on any atom is -0.497 e. The summed E-state index contributed by atoms with van der Waals surface area (Å²) in [6.07, 6.45) is -3.95. The summed E-state index contributed by atoms with van der Waals surface area (Å²) >= 11 is 0. The van der Waals surface area contributed by atoms with Crippen molar-refractivity contribution in [3.8, 4) is 5.75 Å². The van der Waals surface area contributed by atoms with Crippen molar-refractivity contribution in [1.82, 2.24) is 0 Å². The molecule has 4 rings (SSSR count). The van der Waals surface area contributed by atoms with Crippen molar-refractivity contribution in [3.05, 3.63) is 65.2 Å². The molecule has 3 nitrogen and oxygen atoms in total. The van der Waals surface area contributed by atoms with Gasteiger partial charge in [-0.25, -0.2) is 4.99 Å². The summed E-state index contributed by atoms with van der Waals surface area (Å²) in [6, 6.07) is 14.2. The third kappa shape index (κ3) is 2.64. The predicted molar refractivity (Wildman–Crippen MR) is 91.5 cm³/mol. The van der Waals surface area contributed by atoms with E-state index in [2.05, 4.69) is 4.99 Å². The first-order chi connectivity index (χ1) is 12.4. The monoisotopic (exact) mass is 361 g/mol. The number of nitrogens with zero attached hydrogens (tertiary/aromatic N) is 1. The molecule has 0 amide bonds. The summed E-state index contributed by atoms with van der Waals surface area (Å²) in [6.45, 7) is -0.0322. The maximum Gasteiger partial charge on any atom is 0.396 e. The molecule has 1 spiro atoms. The zero-order valence-electron chi connectivity index (χ0n) is 14.2. The average molecular weight is 361 g/mol. The van der Waals surface area contributed by atoms with Gasteiger partial charge in [-0.05, 0) is 42.7 Å². The molecule has 0 fully saturated rings. The molecule has 0 saturated carbocycles. The molecule has 0 saturated heterocycles. The van der Waals surface area contributed by atoms with E-state index in [1.807, 2.05) is 12.1 Å². The minimum absolute atomic E-state index is 0.00588. The van der Waals surface area contributed by atoms with E-state index in [0.717, 1.165) is 5.56 Å². The number of methoxy groups -OCH3 is 1. The van der Waals surface area contributed by atoms with E-state index in [-0.39, 0.29) is 18.9 Å². The average Bonchev–Trinajstić information content (AvgIpc) is 3.06. The zero-order chi connectivity index (χ0) is 18.4. The Kier molecular flexibility index (Phi) is 3.93. The van der Waals surface area contributed by atoms with Gasteiger partial charge in [-0.1, -0.05) is 24.3 Å². The van der Waals surface area contributed by atoms with Gasteiger partial charge in [0.25, 0.3) is 0 Å². The topological polar surface area (TPSA) is 30.8 Å². The number of hydrogen-bond acceptors (Lipinski definition) is 3. The van der Waals surface area contributed by atoms with Crippen LogP contribution in [0, 0.1) is 5.92 Å². The number of benzene rings is 2. The maximum atomic E-state index is 13.8. The molecule has 1 aliphatic heterocycles. The molecular formula is C20H18F3NO2. The predicted octanol–water partition coefficient (Wildman–Crippen LogP) is 4.49. The lowest BCUT2D eigenvalue weighted by molar-refractivity contribution is -0.225. The Bertz CT molecular complexity index is 845. The molecule has 0 N–H and O–H groups in total. The van der Waals surface area contributed by atoms with Crippen LogP contribution < -0.4 is 4.74 Å². The third-order valence-electron chi connectivity index (χ3n) is 5.21. The number of aliphatic imine (C=N–C) groups is 1. The molecule has 1 heterocycles. The standard InChI is InChI=1S/C20H18F3NO2/c1-25-15-9-6-14(7-10-15)18-24-12-19(26-18)16-5-3-2-4-13(16)8-11-17(19)20(21,22)23/h2-7,9-10,17H,8,11-12H2,1H3. The number of alkyl halides is 3. The number of halogens is 3. The van der Waals surface area contributed by atoms with Crippen LogP contribution in [0.4, 0.5) is 13.2 Å². The summed E-state index contributed by atoms with van der Waals surface area (Å²) in [5, 5.41) is 0. The molecular weight excluding hydrogens is 343 g/mol. The lowest BCUT2D eigenvalue weighted by atomic mass is 9.71. The van der Waals surface area contributed by atoms with Crippen LogP contribution in [-0.4, -0.2) is 25.7 Å². The van der Waals surface area contributed by atoms with Crippen LogP contribution in [0.1, 0.15) is 23.1 Å². The summed E-state index contributed by atoms with van der Waals surface area (Å²) < 4.78 is 52.6. The number of hydrogen-bond donors (Lipinski definition) is 0. The van der Waals surface area contributed by atoms with Gasteiger partial charge in [0.2, 0.25) is 5.90 Å². The van der Waals surface area contributed by atoms with Gasteiger partial charge < -0.3 is 9.47 Å². The lowest BCUT2D eigenvalue weighted by Gasteiger charge is -2.42. The summed E-state index contributed by atoms with van der Waals surface area (Å²) in [5.74, 6) is -0.666. The van der Waals surface area contributed by atoms with Crippen molar-refractivity contribution in [1.29, 1.82) is 0 Å². The number of aryl methyl sites for hydroxylation is 1. The molecule has 6 heteroatoms. The van der Waals surface area contributed by atoms with Gasteiger partial charge in [0.15, 0.2) is 5.60 Å². The third-order valence-corrected chi connectivity index (χ3v) is 5.21. The Morgan fingerprint density at radius 2 is 1.85 bits per heavy atom. The first kappa shape index (κ1) is 16.9. The van der Waals surface area contributed by atoms with E-state index in [1.54, 1.807) is 43.5 Å². The van der Waals surface area contributed by atoms with Crippen LogP contribution in [0.3, 0.4) is 0 Å². The Morgan fingerprint density at radius 3 is 2.54 bits per heavy atom. The second kappa shape index (κ2) is 6.04. The first-order valence-electron chi connectivity index (χ1n) is 8.47. The molecule has 1 aliphatic carbocycles. The Hall–Kier alpha value is -2.50. The van der Waals surface area contributed by atoms with E-state index in [1.165, 1.54) is 0 Å². The second-order valence-corrected chi connectivity index (χ2v) is 6.63. The molecule has 2 atom stereocenters. The highest BCUT2D eigenvalue weighted by Gasteiger charge is 2.60. The van der Waals surface area contributed by atoms with Crippen molar-refractivity contribution in [2.75, 3.05) is 13.7 Å². The fourth-order valence-electron chi connectivity index (χ4n) is 3.93. The van der Waals surface area contributed by atoms with Crippen molar-refractivity contribution in [2.24, 2.45) is 10.9 Å². The largest absolute Gasteiger partial charge is 0.497 e. The van der Waals surface area contributed by atoms with Crippen LogP contribution >= 0.6 is 0 Å². The molecule has 2 aliphatic rings. The molecule has 26 heavy (non-hydrogen) atoms. The Balaban J connectivity index is 1.74. The van der Waals surface area contributed by atoms with Crippen molar-refractivity contribution in [3.63, 3.8) is 0 Å². The highest BCUT2D eigenvalue weighted by Crippen LogP contribution is 2.52. The molecule has 0 radical (unpaired) electrons. The lowest BCUT2D eigenvalue weighted by Crippen LogP contribution is -2.49. The van der Waals surface area contributed by atoms with Gasteiger partial charge in [-0.15, -0.1) is 0 Å². The Labute approximate surface area is 149 Å². The minimum atomic E-state index is -4.35. The number of fused-ring (bicyclic) bond motifs is 2. The fraction of sp³-hybridized carbons (Fsp3) is 0.350. The van der Waals surface area contributed by atoms with E-state index in [0.29, 0.717) is 23.3 Å².